The minimum absolute atomic E-state index is 0.0102. The lowest BCUT2D eigenvalue weighted by atomic mass is 10.2. The standard InChI is InChI=1S/C8H11Cl2NO2S2/c1-11-6(4-15(2,12)13)5-3-7(9)14-8(5)10/h3,6,11H,4H2,1-2H3. The Balaban J connectivity index is 2.98. The average Bonchev–Trinajstić information content (AvgIpc) is 2.39. The Labute approximate surface area is 103 Å². The molecule has 1 aromatic heterocycles. The van der Waals surface area contributed by atoms with Crippen LogP contribution in [0.1, 0.15) is 11.6 Å². The third kappa shape index (κ3) is 3.92. The van der Waals surface area contributed by atoms with Crippen molar-refractivity contribution in [1.82, 2.24) is 5.32 Å². The van der Waals surface area contributed by atoms with E-state index in [0.29, 0.717) is 8.67 Å². The molecule has 1 heterocycles. The first kappa shape index (κ1) is 13.3. The van der Waals surface area contributed by atoms with Crippen LogP contribution in [0.3, 0.4) is 0 Å². The van der Waals surface area contributed by atoms with E-state index in [1.165, 1.54) is 17.6 Å². The summed E-state index contributed by atoms with van der Waals surface area (Å²) in [6.45, 7) is 0. The van der Waals surface area contributed by atoms with Gasteiger partial charge in [0.05, 0.1) is 14.4 Å². The van der Waals surface area contributed by atoms with E-state index >= 15 is 0 Å². The van der Waals surface area contributed by atoms with Gasteiger partial charge in [-0.2, -0.15) is 0 Å². The van der Waals surface area contributed by atoms with Crippen molar-refractivity contribution in [3.05, 3.63) is 20.3 Å². The number of hydrogen-bond donors (Lipinski definition) is 1. The Morgan fingerprint density at radius 2 is 2.13 bits per heavy atom. The monoisotopic (exact) mass is 287 g/mol. The first-order chi connectivity index (χ1) is 6.83. The van der Waals surface area contributed by atoms with Crippen molar-refractivity contribution in [3.63, 3.8) is 0 Å². The molecule has 3 nitrogen and oxygen atoms in total. The highest BCUT2D eigenvalue weighted by atomic mass is 35.5. The molecule has 0 aliphatic carbocycles. The number of thiophene rings is 1. The number of nitrogens with one attached hydrogen (secondary N) is 1. The predicted octanol–water partition coefficient (Wildman–Crippen LogP) is 2.36. The van der Waals surface area contributed by atoms with Crippen LogP contribution in [0.4, 0.5) is 0 Å². The second-order valence-electron chi connectivity index (χ2n) is 3.21. The molecule has 0 spiro atoms. The number of rotatable bonds is 4. The Morgan fingerprint density at radius 3 is 2.47 bits per heavy atom. The average molecular weight is 288 g/mol. The number of sulfone groups is 1. The maximum atomic E-state index is 11.2. The minimum Gasteiger partial charge on any atom is -0.312 e. The number of hydrogen-bond acceptors (Lipinski definition) is 4. The van der Waals surface area contributed by atoms with E-state index < -0.39 is 9.84 Å². The van der Waals surface area contributed by atoms with Crippen LogP contribution in [-0.4, -0.2) is 27.5 Å². The van der Waals surface area contributed by atoms with Crippen LogP contribution in [0, 0.1) is 0 Å². The van der Waals surface area contributed by atoms with Crippen LogP contribution in [-0.2, 0) is 9.84 Å². The van der Waals surface area contributed by atoms with Gasteiger partial charge in [-0.05, 0) is 13.1 Å². The first-order valence-corrected chi connectivity index (χ1v) is 7.76. The summed E-state index contributed by atoms with van der Waals surface area (Å²) in [5.41, 5.74) is 0.736. The Morgan fingerprint density at radius 1 is 1.53 bits per heavy atom. The fourth-order valence-electron chi connectivity index (χ4n) is 1.22. The molecule has 1 rings (SSSR count). The largest absolute Gasteiger partial charge is 0.312 e. The minimum atomic E-state index is -3.05. The molecular weight excluding hydrogens is 277 g/mol. The molecule has 7 heteroatoms. The van der Waals surface area contributed by atoms with Crippen LogP contribution in [0.25, 0.3) is 0 Å². The van der Waals surface area contributed by atoms with Crippen molar-refractivity contribution in [1.29, 1.82) is 0 Å². The van der Waals surface area contributed by atoms with Gasteiger partial charge in [0.15, 0.2) is 0 Å². The van der Waals surface area contributed by atoms with Gasteiger partial charge < -0.3 is 5.32 Å². The molecular formula is C8H11Cl2NO2S2. The lowest BCUT2D eigenvalue weighted by molar-refractivity contribution is 0.580. The smallest absolute Gasteiger partial charge is 0.149 e. The molecule has 0 bridgehead atoms. The zero-order valence-corrected chi connectivity index (χ0v) is 11.4. The van der Waals surface area contributed by atoms with Crippen molar-refractivity contribution in [3.8, 4) is 0 Å². The van der Waals surface area contributed by atoms with E-state index in [0.717, 1.165) is 5.56 Å². The molecule has 1 unspecified atom stereocenters. The van der Waals surface area contributed by atoms with Gasteiger partial charge in [-0.25, -0.2) is 8.42 Å². The molecule has 0 aliphatic heterocycles. The molecule has 0 aliphatic rings. The molecule has 0 amide bonds. The van der Waals surface area contributed by atoms with Crippen molar-refractivity contribution in [2.24, 2.45) is 0 Å². The molecule has 0 aromatic carbocycles. The zero-order chi connectivity index (χ0) is 11.6. The van der Waals surface area contributed by atoms with Gasteiger partial charge in [0.1, 0.15) is 9.84 Å². The zero-order valence-electron chi connectivity index (χ0n) is 8.25. The van der Waals surface area contributed by atoms with Gasteiger partial charge in [0, 0.05) is 17.9 Å². The van der Waals surface area contributed by atoms with Gasteiger partial charge in [-0.3, -0.25) is 0 Å². The SMILES string of the molecule is CNC(CS(C)(=O)=O)c1cc(Cl)sc1Cl. The normalized spacial score (nSPS) is 14.1. The Kier molecular flexibility index (Phi) is 4.43. The van der Waals surface area contributed by atoms with Gasteiger partial charge in [0.25, 0.3) is 0 Å². The van der Waals surface area contributed by atoms with Gasteiger partial charge in [0.2, 0.25) is 0 Å². The lowest BCUT2D eigenvalue weighted by Gasteiger charge is -2.13. The summed E-state index contributed by atoms with van der Waals surface area (Å²) in [5, 5.41) is 2.91. The molecule has 0 fully saturated rings. The summed E-state index contributed by atoms with van der Waals surface area (Å²) in [5.74, 6) is 0.0102. The van der Waals surface area contributed by atoms with Crippen LogP contribution in [0.2, 0.25) is 8.67 Å². The summed E-state index contributed by atoms with van der Waals surface area (Å²) in [4.78, 5) is 0. The molecule has 0 saturated carbocycles. The first-order valence-electron chi connectivity index (χ1n) is 4.13. The van der Waals surface area contributed by atoms with E-state index in [1.54, 1.807) is 13.1 Å². The maximum absolute atomic E-state index is 11.2. The van der Waals surface area contributed by atoms with Crippen molar-refractivity contribution in [2.45, 2.75) is 6.04 Å². The second-order valence-corrected chi connectivity index (χ2v) is 7.68. The summed E-state index contributed by atoms with van der Waals surface area (Å²) >= 11 is 13.0. The molecule has 86 valence electrons. The van der Waals surface area contributed by atoms with Crippen molar-refractivity contribution in [2.75, 3.05) is 19.1 Å². The molecule has 0 saturated heterocycles. The van der Waals surface area contributed by atoms with Crippen LogP contribution in [0.5, 0.6) is 0 Å². The summed E-state index contributed by atoms with van der Waals surface area (Å²) < 4.78 is 23.4. The molecule has 15 heavy (non-hydrogen) atoms. The summed E-state index contributed by atoms with van der Waals surface area (Å²) in [7, 11) is -1.36. The van der Waals surface area contributed by atoms with Crippen LogP contribution < -0.4 is 5.32 Å². The molecule has 1 N–H and O–H groups in total. The Hall–Kier alpha value is 0.190. The quantitative estimate of drug-likeness (QED) is 0.925. The van der Waals surface area contributed by atoms with Gasteiger partial charge >= 0.3 is 0 Å². The predicted molar refractivity (Wildman–Crippen MR) is 65.9 cm³/mol. The lowest BCUT2D eigenvalue weighted by Crippen LogP contribution is -2.24. The van der Waals surface area contributed by atoms with E-state index in [2.05, 4.69) is 5.32 Å². The summed E-state index contributed by atoms with van der Waals surface area (Å²) in [6.07, 6.45) is 1.19. The highest BCUT2D eigenvalue weighted by Crippen LogP contribution is 2.35. The Bertz CT molecular complexity index is 441. The maximum Gasteiger partial charge on any atom is 0.149 e. The van der Waals surface area contributed by atoms with E-state index in [-0.39, 0.29) is 11.8 Å². The number of halogens is 2. The van der Waals surface area contributed by atoms with Crippen LogP contribution >= 0.6 is 34.5 Å². The fraction of sp³-hybridized carbons (Fsp3) is 0.500. The van der Waals surface area contributed by atoms with Gasteiger partial charge in [-0.1, -0.05) is 23.2 Å². The van der Waals surface area contributed by atoms with Gasteiger partial charge in [-0.15, -0.1) is 11.3 Å². The third-order valence-electron chi connectivity index (χ3n) is 1.88. The van der Waals surface area contributed by atoms with E-state index in [4.69, 9.17) is 23.2 Å². The molecule has 1 aromatic rings. The van der Waals surface area contributed by atoms with Crippen molar-refractivity contribution < 1.29 is 8.42 Å². The fourth-order valence-corrected chi connectivity index (χ4v) is 3.75. The third-order valence-corrected chi connectivity index (χ3v) is 4.33. The van der Waals surface area contributed by atoms with Crippen LogP contribution in [0.15, 0.2) is 6.07 Å². The second kappa shape index (κ2) is 5.01. The molecule has 1 atom stereocenters. The molecule has 0 radical (unpaired) electrons. The summed E-state index contributed by atoms with van der Waals surface area (Å²) in [6, 6.07) is 1.39. The van der Waals surface area contributed by atoms with E-state index in [9.17, 15) is 8.42 Å². The highest BCUT2D eigenvalue weighted by Gasteiger charge is 2.20. The van der Waals surface area contributed by atoms with Crippen molar-refractivity contribution >= 4 is 44.4 Å². The van der Waals surface area contributed by atoms with E-state index in [1.807, 2.05) is 0 Å². The highest BCUT2D eigenvalue weighted by molar-refractivity contribution is 7.90. The topological polar surface area (TPSA) is 46.2 Å².